The molecule has 176 valence electrons. The average Bonchev–Trinajstić information content (AvgIpc) is 3.17. The Morgan fingerprint density at radius 1 is 1.18 bits per heavy atom. The van der Waals surface area contributed by atoms with Crippen LogP contribution in [0.4, 0.5) is 10.5 Å². The molecule has 1 amide bonds. The van der Waals surface area contributed by atoms with Crippen LogP contribution in [0.25, 0.3) is 11.0 Å². The van der Waals surface area contributed by atoms with Crippen molar-refractivity contribution in [2.24, 2.45) is 0 Å². The van der Waals surface area contributed by atoms with Gasteiger partial charge in [-0.05, 0) is 50.3 Å². The Hall–Kier alpha value is -2.71. The largest absolute Gasteiger partial charge is 0.452 e. The van der Waals surface area contributed by atoms with Gasteiger partial charge in [0.2, 0.25) is 0 Å². The number of imidazole rings is 1. The first kappa shape index (κ1) is 23.4. The molecule has 1 saturated heterocycles. The molecule has 33 heavy (non-hydrogen) atoms. The van der Waals surface area contributed by atoms with E-state index in [1.54, 1.807) is 4.90 Å². The minimum absolute atomic E-state index is 0. The van der Waals surface area contributed by atoms with Crippen molar-refractivity contribution in [3.63, 3.8) is 0 Å². The molecule has 2 N–H and O–H groups in total. The molecule has 1 unspecified atom stereocenters. The van der Waals surface area contributed by atoms with E-state index in [9.17, 15) is 9.00 Å². The van der Waals surface area contributed by atoms with Crippen molar-refractivity contribution in [2.45, 2.75) is 51.1 Å². The highest BCUT2D eigenvalue weighted by Crippen LogP contribution is 2.38. The SMILES string of the molecule is COC(=O)N1c2ccc3c(nc(Cc4ccccc4)n3[C@@H]3CCCS(=O)C3)c2CC[C@@H]1C.O. The van der Waals surface area contributed by atoms with E-state index in [1.165, 1.54) is 12.7 Å². The average molecular weight is 470 g/mol. The smallest absolute Gasteiger partial charge is 0.414 e. The van der Waals surface area contributed by atoms with Gasteiger partial charge in [0.1, 0.15) is 5.82 Å². The van der Waals surface area contributed by atoms with Gasteiger partial charge in [-0.1, -0.05) is 30.3 Å². The maximum Gasteiger partial charge on any atom is 0.414 e. The molecule has 7 nitrogen and oxygen atoms in total. The van der Waals surface area contributed by atoms with Crippen LogP contribution in [-0.2, 0) is 28.4 Å². The summed E-state index contributed by atoms with van der Waals surface area (Å²) in [6, 6.07) is 14.8. The first-order valence-electron chi connectivity index (χ1n) is 11.4. The number of carbonyl (C=O) groups excluding carboxylic acids is 1. The Morgan fingerprint density at radius 2 is 1.97 bits per heavy atom. The molecule has 2 aliphatic heterocycles. The topological polar surface area (TPSA) is 95.9 Å². The number of ether oxygens (including phenoxy) is 1. The second-order valence-corrected chi connectivity index (χ2v) is 10.4. The van der Waals surface area contributed by atoms with E-state index in [1.807, 2.05) is 12.1 Å². The molecule has 1 fully saturated rings. The first-order valence-corrected chi connectivity index (χ1v) is 12.8. The minimum atomic E-state index is -0.790. The summed E-state index contributed by atoms with van der Waals surface area (Å²) < 4.78 is 19.8. The van der Waals surface area contributed by atoms with Crippen molar-refractivity contribution < 1.29 is 19.2 Å². The molecule has 8 heteroatoms. The molecule has 5 rings (SSSR count). The second kappa shape index (κ2) is 9.65. The third-order valence-electron chi connectivity index (χ3n) is 6.76. The third kappa shape index (κ3) is 4.29. The summed E-state index contributed by atoms with van der Waals surface area (Å²) in [6.45, 7) is 2.06. The second-order valence-electron chi connectivity index (χ2n) is 8.83. The number of amides is 1. The first-order chi connectivity index (χ1) is 15.6. The van der Waals surface area contributed by atoms with E-state index in [2.05, 4.69) is 41.8 Å². The lowest BCUT2D eigenvalue weighted by Gasteiger charge is -2.34. The van der Waals surface area contributed by atoms with Gasteiger partial charge in [0.15, 0.2) is 0 Å². The minimum Gasteiger partial charge on any atom is -0.452 e. The Balaban J connectivity index is 0.00000259. The fourth-order valence-corrected chi connectivity index (χ4v) is 6.60. The van der Waals surface area contributed by atoms with Crippen molar-refractivity contribution in [3.05, 3.63) is 59.4 Å². The Morgan fingerprint density at radius 3 is 2.70 bits per heavy atom. The van der Waals surface area contributed by atoms with Crippen LogP contribution in [0.3, 0.4) is 0 Å². The molecule has 0 aliphatic carbocycles. The number of methoxy groups -OCH3 is 1. The van der Waals surface area contributed by atoms with Gasteiger partial charge in [-0.2, -0.15) is 0 Å². The predicted molar refractivity (Wildman–Crippen MR) is 131 cm³/mol. The summed E-state index contributed by atoms with van der Waals surface area (Å²) in [5, 5.41) is 0. The number of nitrogens with zero attached hydrogens (tertiary/aromatic N) is 3. The van der Waals surface area contributed by atoms with Gasteiger partial charge in [0, 0.05) is 46.4 Å². The Kier molecular flexibility index (Phi) is 6.86. The highest BCUT2D eigenvalue weighted by atomic mass is 32.2. The van der Waals surface area contributed by atoms with Crippen LogP contribution < -0.4 is 4.90 Å². The van der Waals surface area contributed by atoms with E-state index in [0.29, 0.717) is 5.75 Å². The number of anilines is 1. The Bertz CT molecular complexity index is 1180. The number of benzene rings is 2. The standard InChI is InChI=1S/C25H29N3O3S.H2O/c1-17-10-11-20-21(27(17)25(29)31-2)12-13-22-24(20)26-23(15-18-7-4-3-5-8-18)28(22)19-9-6-14-32(30)16-19;/h3-5,7-8,12-13,17,19H,6,9-11,14-16H2,1-2H3;1H2/t17-,19+,32?;/m0./s1. The zero-order valence-electron chi connectivity index (χ0n) is 19.1. The molecular weight excluding hydrogens is 438 g/mol. The van der Waals surface area contributed by atoms with Gasteiger partial charge in [-0.3, -0.25) is 9.11 Å². The van der Waals surface area contributed by atoms with Crippen LogP contribution in [0, 0.1) is 0 Å². The summed E-state index contributed by atoms with van der Waals surface area (Å²) in [4.78, 5) is 19.4. The van der Waals surface area contributed by atoms with E-state index >= 15 is 0 Å². The molecule has 0 saturated carbocycles. The van der Waals surface area contributed by atoms with Gasteiger partial charge in [-0.25, -0.2) is 9.78 Å². The molecule has 1 aromatic heterocycles. The zero-order chi connectivity index (χ0) is 22.2. The number of carbonyl (C=O) groups is 1. The molecule has 0 spiro atoms. The maximum atomic E-state index is 12.5. The number of fused-ring (bicyclic) bond motifs is 3. The number of aromatic nitrogens is 2. The predicted octanol–water partition coefficient (Wildman–Crippen LogP) is 3.79. The van der Waals surface area contributed by atoms with Crippen molar-refractivity contribution >= 4 is 33.6 Å². The van der Waals surface area contributed by atoms with Crippen LogP contribution >= 0.6 is 0 Å². The number of hydrogen-bond donors (Lipinski definition) is 0. The fraction of sp³-hybridized carbons (Fsp3) is 0.440. The third-order valence-corrected chi connectivity index (χ3v) is 8.26. The van der Waals surface area contributed by atoms with Crippen LogP contribution in [0.5, 0.6) is 0 Å². The lowest BCUT2D eigenvalue weighted by atomic mass is 9.95. The summed E-state index contributed by atoms with van der Waals surface area (Å²) >= 11 is 0. The van der Waals surface area contributed by atoms with Crippen molar-refractivity contribution in [3.8, 4) is 0 Å². The van der Waals surface area contributed by atoms with Crippen LogP contribution in [0.2, 0.25) is 0 Å². The molecule has 2 aliphatic rings. The monoisotopic (exact) mass is 469 g/mol. The molecular formula is C25H31N3O4S. The van der Waals surface area contributed by atoms with Gasteiger partial charge in [-0.15, -0.1) is 0 Å². The molecule has 3 atom stereocenters. The van der Waals surface area contributed by atoms with E-state index in [0.717, 1.165) is 66.0 Å². The molecule has 2 aromatic carbocycles. The zero-order valence-corrected chi connectivity index (χ0v) is 19.9. The Labute approximate surface area is 196 Å². The van der Waals surface area contributed by atoms with Crippen LogP contribution in [0.15, 0.2) is 42.5 Å². The van der Waals surface area contributed by atoms with Crippen molar-refractivity contribution in [1.82, 2.24) is 9.55 Å². The lowest BCUT2D eigenvalue weighted by molar-refractivity contribution is 0.175. The van der Waals surface area contributed by atoms with Gasteiger partial charge in [0.25, 0.3) is 0 Å². The molecule has 3 heterocycles. The number of aryl methyl sites for hydroxylation is 1. The van der Waals surface area contributed by atoms with E-state index in [4.69, 9.17) is 9.72 Å². The highest BCUT2D eigenvalue weighted by molar-refractivity contribution is 7.85. The summed E-state index contributed by atoms with van der Waals surface area (Å²) in [5.41, 5.74) is 5.26. The van der Waals surface area contributed by atoms with Crippen molar-refractivity contribution in [1.29, 1.82) is 0 Å². The molecule has 0 bridgehead atoms. The normalized spacial score (nSPS) is 22.5. The molecule has 0 radical (unpaired) electrons. The van der Waals surface area contributed by atoms with E-state index < -0.39 is 10.8 Å². The van der Waals surface area contributed by atoms with Crippen LogP contribution in [0.1, 0.15) is 49.2 Å². The van der Waals surface area contributed by atoms with Crippen molar-refractivity contribution in [2.75, 3.05) is 23.5 Å². The van der Waals surface area contributed by atoms with E-state index in [-0.39, 0.29) is 23.7 Å². The lowest BCUT2D eigenvalue weighted by Crippen LogP contribution is -2.42. The van der Waals surface area contributed by atoms with Gasteiger partial charge in [0.05, 0.1) is 23.8 Å². The molecule has 3 aromatic rings. The summed E-state index contributed by atoms with van der Waals surface area (Å²) in [6.07, 6.45) is 4.13. The van der Waals surface area contributed by atoms with Crippen LogP contribution in [-0.4, -0.2) is 50.0 Å². The number of hydrogen-bond acceptors (Lipinski definition) is 4. The number of rotatable bonds is 3. The highest BCUT2D eigenvalue weighted by Gasteiger charge is 2.32. The fourth-order valence-electron chi connectivity index (χ4n) is 5.20. The van der Waals surface area contributed by atoms with Gasteiger partial charge < -0.3 is 14.8 Å². The quantitative estimate of drug-likeness (QED) is 0.583. The van der Waals surface area contributed by atoms with Gasteiger partial charge >= 0.3 is 6.09 Å². The maximum absolute atomic E-state index is 12.5. The summed E-state index contributed by atoms with van der Waals surface area (Å²) in [7, 11) is 0.638. The summed E-state index contributed by atoms with van der Waals surface area (Å²) in [5.74, 6) is 2.47.